The van der Waals surface area contributed by atoms with E-state index in [9.17, 15) is 14.7 Å². The highest BCUT2D eigenvalue weighted by Gasteiger charge is 2.21. The molecule has 1 aliphatic carbocycles. The summed E-state index contributed by atoms with van der Waals surface area (Å²) in [6.45, 7) is 2.02. The molecule has 0 aliphatic heterocycles. The van der Waals surface area contributed by atoms with Gasteiger partial charge in [0, 0.05) is 16.9 Å². The van der Waals surface area contributed by atoms with Crippen LogP contribution < -0.4 is 5.32 Å². The Hall–Kier alpha value is -3.41. The molecule has 4 rings (SSSR count). The van der Waals surface area contributed by atoms with Crippen molar-refractivity contribution in [3.8, 4) is 11.4 Å². The number of amides is 1. The van der Waals surface area contributed by atoms with E-state index < -0.39 is 5.97 Å². The Morgan fingerprint density at radius 2 is 1.88 bits per heavy atom. The van der Waals surface area contributed by atoms with Crippen LogP contribution in [0.25, 0.3) is 11.4 Å². The van der Waals surface area contributed by atoms with Gasteiger partial charge in [-0.1, -0.05) is 62.4 Å². The third-order valence-corrected chi connectivity index (χ3v) is 6.29. The first-order valence-corrected chi connectivity index (χ1v) is 11.3. The molecule has 1 saturated carbocycles. The topological polar surface area (TPSA) is 95.1 Å². The molecule has 0 spiro atoms. The van der Waals surface area contributed by atoms with Gasteiger partial charge in [-0.3, -0.25) is 4.79 Å². The fourth-order valence-corrected chi connectivity index (χ4v) is 4.49. The van der Waals surface area contributed by atoms with E-state index in [0.29, 0.717) is 23.1 Å². The molecule has 1 aliphatic rings. The number of aromatic carboxylic acids is 1. The van der Waals surface area contributed by atoms with Crippen LogP contribution in [-0.2, 0) is 6.42 Å². The highest BCUT2D eigenvalue weighted by molar-refractivity contribution is 6.04. The molecule has 2 aromatic carbocycles. The Labute approximate surface area is 188 Å². The highest BCUT2D eigenvalue weighted by atomic mass is 16.4. The van der Waals surface area contributed by atoms with E-state index in [1.807, 2.05) is 31.2 Å². The Kier molecular flexibility index (Phi) is 6.69. The summed E-state index contributed by atoms with van der Waals surface area (Å²) >= 11 is 0. The average Bonchev–Trinajstić information content (AvgIpc) is 3.23. The number of carbonyl (C=O) groups is 2. The molecule has 1 amide bonds. The van der Waals surface area contributed by atoms with E-state index in [-0.39, 0.29) is 11.5 Å². The third kappa shape index (κ3) is 5.07. The first kappa shape index (κ1) is 21.8. The van der Waals surface area contributed by atoms with E-state index in [2.05, 4.69) is 15.3 Å². The molecular formula is C26H29N3O3. The molecule has 0 radical (unpaired) electrons. The summed E-state index contributed by atoms with van der Waals surface area (Å²) in [5.41, 5.74) is 3.83. The van der Waals surface area contributed by atoms with Gasteiger partial charge in [-0.2, -0.15) is 0 Å². The Bertz CT molecular complexity index is 1110. The average molecular weight is 432 g/mol. The fraction of sp³-hybridized carbons (Fsp3) is 0.346. The third-order valence-electron chi connectivity index (χ3n) is 6.29. The lowest BCUT2D eigenvalue weighted by Gasteiger charge is -2.21. The summed E-state index contributed by atoms with van der Waals surface area (Å²) < 4.78 is 0. The number of hydrogen-bond donors (Lipinski definition) is 3. The van der Waals surface area contributed by atoms with Gasteiger partial charge in [0.05, 0.1) is 5.56 Å². The second kappa shape index (κ2) is 9.81. The van der Waals surface area contributed by atoms with Crippen molar-refractivity contribution in [3.63, 3.8) is 0 Å². The predicted octanol–water partition coefficient (Wildman–Crippen LogP) is 5.85. The van der Waals surface area contributed by atoms with Crippen LogP contribution in [0.4, 0.5) is 5.69 Å². The number of H-pyrrole nitrogens is 1. The largest absolute Gasteiger partial charge is 0.478 e. The van der Waals surface area contributed by atoms with Gasteiger partial charge < -0.3 is 15.4 Å². The molecule has 1 fully saturated rings. The van der Waals surface area contributed by atoms with Crippen molar-refractivity contribution in [2.75, 3.05) is 5.32 Å². The number of carbonyl (C=O) groups excluding carboxylic acids is 1. The standard InChI is InChI=1S/C26H29N3O3/c1-17-8-5-6-13-21(17)24-28-22(15-14-18-9-3-2-4-10-18)23(29-24)25(30)27-20-12-7-11-19(16-20)26(31)32/h5-8,11-13,16,18H,2-4,9-10,14-15H2,1H3,(H,27,30)(H,28,29)(H,31,32). The van der Waals surface area contributed by atoms with Crippen molar-refractivity contribution in [2.24, 2.45) is 5.92 Å². The van der Waals surface area contributed by atoms with Gasteiger partial charge in [-0.05, 0) is 49.4 Å². The second-order valence-corrected chi connectivity index (χ2v) is 8.61. The summed E-state index contributed by atoms with van der Waals surface area (Å²) in [4.78, 5) is 32.5. The molecule has 6 nitrogen and oxygen atoms in total. The molecule has 0 atom stereocenters. The zero-order chi connectivity index (χ0) is 22.5. The predicted molar refractivity (Wildman–Crippen MR) is 125 cm³/mol. The van der Waals surface area contributed by atoms with Gasteiger partial charge in [-0.15, -0.1) is 0 Å². The Morgan fingerprint density at radius 3 is 2.62 bits per heavy atom. The second-order valence-electron chi connectivity index (χ2n) is 8.61. The first-order chi connectivity index (χ1) is 15.5. The number of benzene rings is 2. The SMILES string of the molecule is Cc1ccccc1-c1nc(C(=O)Nc2cccc(C(=O)O)c2)c(CCC2CCCCC2)[nH]1. The van der Waals surface area contributed by atoms with E-state index in [0.717, 1.165) is 29.7 Å². The van der Waals surface area contributed by atoms with E-state index >= 15 is 0 Å². The number of carboxylic acids is 1. The summed E-state index contributed by atoms with van der Waals surface area (Å²) in [5.74, 6) is 0.0152. The van der Waals surface area contributed by atoms with E-state index in [1.165, 1.54) is 44.2 Å². The van der Waals surface area contributed by atoms with E-state index in [1.54, 1.807) is 12.1 Å². The van der Waals surface area contributed by atoms with Crippen LogP contribution in [0.3, 0.4) is 0 Å². The van der Waals surface area contributed by atoms with Gasteiger partial charge in [0.2, 0.25) is 0 Å². The number of rotatable bonds is 7. The number of aromatic nitrogens is 2. The molecule has 166 valence electrons. The zero-order valence-corrected chi connectivity index (χ0v) is 18.4. The van der Waals surface area contributed by atoms with Gasteiger partial charge in [0.15, 0.2) is 0 Å². The van der Waals surface area contributed by atoms with Crippen molar-refractivity contribution in [2.45, 2.75) is 51.9 Å². The number of aromatic amines is 1. The lowest BCUT2D eigenvalue weighted by atomic mass is 9.85. The lowest BCUT2D eigenvalue weighted by Crippen LogP contribution is -2.16. The molecule has 32 heavy (non-hydrogen) atoms. The number of aryl methyl sites for hydroxylation is 2. The van der Waals surface area contributed by atoms with Crippen LogP contribution in [0.1, 0.15) is 70.6 Å². The first-order valence-electron chi connectivity index (χ1n) is 11.3. The fourth-order valence-electron chi connectivity index (χ4n) is 4.49. The molecule has 0 bridgehead atoms. The maximum absolute atomic E-state index is 13.2. The maximum Gasteiger partial charge on any atom is 0.335 e. The van der Waals surface area contributed by atoms with Crippen molar-refractivity contribution >= 4 is 17.6 Å². The smallest absolute Gasteiger partial charge is 0.335 e. The molecule has 6 heteroatoms. The summed E-state index contributed by atoms with van der Waals surface area (Å²) in [6, 6.07) is 14.2. The van der Waals surface area contributed by atoms with Crippen LogP contribution in [0, 0.1) is 12.8 Å². The van der Waals surface area contributed by atoms with Crippen LogP contribution in [-0.4, -0.2) is 27.0 Å². The minimum atomic E-state index is -1.03. The van der Waals surface area contributed by atoms with Crippen molar-refractivity contribution in [1.82, 2.24) is 9.97 Å². The quantitative estimate of drug-likeness (QED) is 0.437. The lowest BCUT2D eigenvalue weighted by molar-refractivity contribution is 0.0696. The van der Waals surface area contributed by atoms with Gasteiger partial charge >= 0.3 is 5.97 Å². The summed E-state index contributed by atoms with van der Waals surface area (Å²) in [5, 5.41) is 12.1. The normalized spacial score (nSPS) is 14.3. The number of imidazole rings is 1. The molecule has 1 aromatic heterocycles. The Balaban J connectivity index is 1.60. The number of nitrogens with zero attached hydrogens (tertiary/aromatic N) is 1. The van der Waals surface area contributed by atoms with Crippen molar-refractivity contribution in [1.29, 1.82) is 0 Å². The number of anilines is 1. The molecule has 0 saturated heterocycles. The molecular weight excluding hydrogens is 402 g/mol. The van der Waals surface area contributed by atoms with Crippen LogP contribution in [0.5, 0.6) is 0 Å². The van der Waals surface area contributed by atoms with Gasteiger partial charge in [0.1, 0.15) is 11.5 Å². The number of carboxylic acid groups (broad SMARTS) is 1. The van der Waals surface area contributed by atoms with Gasteiger partial charge in [0.25, 0.3) is 5.91 Å². The van der Waals surface area contributed by atoms with E-state index in [4.69, 9.17) is 0 Å². The molecule has 0 unspecified atom stereocenters. The zero-order valence-electron chi connectivity index (χ0n) is 18.4. The summed E-state index contributed by atoms with van der Waals surface area (Å²) in [7, 11) is 0. The molecule has 3 N–H and O–H groups in total. The molecule has 1 heterocycles. The van der Waals surface area contributed by atoms with Crippen LogP contribution in [0.15, 0.2) is 48.5 Å². The maximum atomic E-state index is 13.2. The Morgan fingerprint density at radius 1 is 1.09 bits per heavy atom. The van der Waals surface area contributed by atoms with Crippen LogP contribution in [0.2, 0.25) is 0 Å². The minimum Gasteiger partial charge on any atom is -0.478 e. The number of nitrogens with one attached hydrogen (secondary N) is 2. The number of hydrogen-bond acceptors (Lipinski definition) is 3. The molecule has 3 aromatic rings. The van der Waals surface area contributed by atoms with Crippen LogP contribution >= 0.6 is 0 Å². The highest BCUT2D eigenvalue weighted by Crippen LogP contribution is 2.29. The minimum absolute atomic E-state index is 0.128. The van der Waals surface area contributed by atoms with Crippen molar-refractivity contribution in [3.05, 3.63) is 71.0 Å². The van der Waals surface area contributed by atoms with Crippen molar-refractivity contribution < 1.29 is 14.7 Å². The summed E-state index contributed by atoms with van der Waals surface area (Å²) in [6.07, 6.45) is 8.20. The monoisotopic (exact) mass is 431 g/mol. The van der Waals surface area contributed by atoms with Gasteiger partial charge in [-0.25, -0.2) is 9.78 Å².